The lowest BCUT2D eigenvalue weighted by atomic mass is 9.96. The van der Waals surface area contributed by atoms with Crippen molar-refractivity contribution in [3.63, 3.8) is 0 Å². The van der Waals surface area contributed by atoms with E-state index < -0.39 is 0 Å². The van der Waals surface area contributed by atoms with Gasteiger partial charge in [-0.05, 0) is 36.8 Å². The minimum Gasteiger partial charge on any atom is -0.310 e. The quantitative estimate of drug-likeness (QED) is 0.775. The number of hydrogen-bond acceptors (Lipinski definition) is 1. The minimum absolute atomic E-state index is 0.545. The maximum absolute atomic E-state index is 3.81. The molecule has 100 valence electrons. The molecule has 3 unspecified atom stereocenters. The molecule has 0 saturated heterocycles. The molecule has 1 heteroatoms. The van der Waals surface area contributed by atoms with Crippen molar-refractivity contribution in [2.45, 2.75) is 52.0 Å². The van der Waals surface area contributed by atoms with Crippen molar-refractivity contribution in [2.24, 2.45) is 11.8 Å². The van der Waals surface area contributed by atoms with Crippen molar-refractivity contribution in [1.82, 2.24) is 5.32 Å². The Morgan fingerprint density at radius 2 is 2.00 bits per heavy atom. The molecule has 1 aliphatic rings. The lowest BCUT2D eigenvalue weighted by Crippen LogP contribution is -2.28. The summed E-state index contributed by atoms with van der Waals surface area (Å²) >= 11 is 0. The summed E-state index contributed by atoms with van der Waals surface area (Å²) in [5.41, 5.74) is 1.45. The molecule has 0 aliphatic heterocycles. The second kappa shape index (κ2) is 6.94. The van der Waals surface area contributed by atoms with Crippen LogP contribution in [0.5, 0.6) is 0 Å². The molecule has 1 nitrogen and oxygen atoms in total. The molecular weight excluding hydrogens is 218 g/mol. The Morgan fingerprint density at radius 1 is 1.22 bits per heavy atom. The van der Waals surface area contributed by atoms with Crippen molar-refractivity contribution in [1.29, 1.82) is 0 Å². The Balaban J connectivity index is 1.90. The fourth-order valence-electron chi connectivity index (χ4n) is 3.18. The van der Waals surface area contributed by atoms with E-state index in [0.29, 0.717) is 6.04 Å². The molecule has 0 aromatic heterocycles. The zero-order chi connectivity index (χ0) is 12.8. The van der Waals surface area contributed by atoms with Gasteiger partial charge in [0.25, 0.3) is 0 Å². The van der Waals surface area contributed by atoms with Crippen molar-refractivity contribution in [2.75, 3.05) is 6.54 Å². The highest BCUT2D eigenvalue weighted by Crippen LogP contribution is 2.31. The molecule has 3 atom stereocenters. The van der Waals surface area contributed by atoms with Gasteiger partial charge in [0.05, 0.1) is 0 Å². The van der Waals surface area contributed by atoms with Gasteiger partial charge in [-0.2, -0.15) is 0 Å². The number of nitrogens with one attached hydrogen (secondary N) is 1. The summed E-state index contributed by atoms with van der Waals surface area (Å²) in [5, 5.41) is 3.81. The first-order valence-electron chi connectivity index (χ1n) is 7.59. The van der Waals surface area contributed by atoms with E-state index in [2.05, 4.69) is 49.5 Å². The van der Waals surface area contributed by atoms with Crippen LogP contribution < -0.4 is 5.32 Å². The Kier molecular flexibility index (Phi) is 5.25. The smallest absolute Gasteiger partial charge is 0.0320 e. The molecule has 2 rings (SSSR count). The highest BCUT2D eigenvalue weighted by Gasteiger charge is 2.23. The summed E-state index contributed by atoms with van der Waals surface area (Å²) in [4.78, 5) is 0. The zero-order valence-corrected chi connectivity index (χ0v) is 11.9. The summed E-state index contributed by atoms with van der Waals surface area (Å²) < 4.78 is 0. The average Bonchev–Trinajstić information content (AvgIpc) is 2.81. The van der Waals surface area contributed by atoms with Crippen LogP contribution in [0.4, 0.5) is 0 Å². The van der Waals surface area contributed by atoms with E-state index in [4.69, 9.17) is 0 Å². The predicted octanol–water partition coefficient (Wildman–Crippen LogP) is 4.55. The molecule has 1 aromatic rings. The Hall–Kier alpha value is -0.820. The summed E-state index contributed by atoms with van der Waals surface area (Å²) in [5.74, 6) is 1.81. The summed E-state index contributed by atoms with van der Waals surface area (Å²) in [7, 11) is 0. The molecule has 1 aromatic carbocycles. The monoisotopic (exact) mass is 245 g/mol. The predicted molar refractivity (Wildman–Crippen MR) is 78.6 cm³/mol. The van der Waals surface area contributed by atoms with Crippen LogP contribution in [0, 0.1) is 11.8 Å². The molecule has 1 fully saturated rings. The third-order valence-corrected chi connectivity index (χ3v) is 4.44. The molecule has 0 bridgehead atoms. The molecule has 1 N–H and O–H groups in total. The maximum atomic E-state index is 3.81. The fraction of sp³-hybridized carbons (Fsp3) is 0.647. The second-order valence-electron chi connectivity index (χ2n) is 5.83. The first-order chi connectivity index (χ1) is 8.81. The van der Waals surface area contributed by atoms with Crippen molar-refractivity contribution in [3.05, 3.63) is 35.9 Å². The van der Waals surface area contributed by atoms with Crippen molar-refractivity contribution in [3.8, 4) is 0 Å². The van der Waals surface area contributed by atoms with E-state index in [9.17, 15) is 0 Å². The Morgan fingerprint density at radius 3 is 2.61 bits per heavy atom. The van der Waals surface area contributed by atoms with Gasteiger partial charge >= 0.3 is 0 Å². The van der Waals surface area contributed by atoms with Gasteiger partial charge < -0.3 is 5.32 Å². The van der Waals surface area contributed by atoms with Crippen LogP contribution in [-0.4, -0.2) is 6.54 Å². The third kappa shape index (κ3) is 3.58. The van der Waals surface area contributed by atoms with Gasteiger partial charge in [-0.25, -0.2) is 0 Å². The number of rotatable bonds is 6. The summed E-state index contributed by atoms with van der Waals surface area (Å²) in [6.45, 7) is 5.88. The van der Waals surface area contributed by atoms with Gasteiger partial charge in [-0.3, -0.25) is 0 Å². The standard InChI is InChI=1S/C17H27N/c1-3-8-17(15-10-5-4-6-11-15)18-13-16-12-7-9-14(16)2/h4-6,10-11,14,16-18H,3,7-9,12-13H2,1-2H3. The van der Waals surface area contributed by atoms with Crippen LogP contribution in [0.1, 0.15) is 57.6 Å². The molecule has 1 aliphatic carbocycles. The molecule has 1 saturated carbocycles. The highest BCUT2D eigenvalue weighted by molar-refractivity contribution is 5.18. The molecule has 0 spiro atoms. The summed E-state index contributed by atoms with van der Waals surface area (Å²) in [6, 6.07) is 11.5. The first kappa shape index (κ1) is 13.6. The maximum Gasteiger partial charge on any atom is 0.0320 e. The average molecular weight is 245 g/mol. The normalized spacial score (nSPS) is 25.2. The van der Waals surface area contributed by atoms with E-state index in [-0.39, 0.29) is 0 Å². The van der Waals surface area contributed by atoms with Crippen LogP contribution in [-0.2, 0) is 0 Å². The topological polar surface area (TPSA) is 12.0 Å². The lowest BCUT2D eigenvalue weighted by Gasteiger charge is -2.23. The van der Waals surface area contributed by atoms with Crippen LogP contribution in [0.3, 0.4) is 0 Å². The van der Waals surface area contributed by atoms with E-state index >= 15 is 0 Å². The van der Waals surface area contributed by atoms with Gasteiger partial charge in [-0.15, -0.1) is 0 Å². The van der Waals surface area contributed by atoms with Crippen LogP contribution in [0.25, 0.3) is 0 Å². The molecular formula is C17H27N. The van der Waals surface area contributed by atoms with E-state index in [0.717, 1.165) is 11.8 Å². The fourth-order valence-corrected chi connectivity index (χ4v) is 3.18. The van der Waals surface area contributed by atoms with Gasteiger partial charge in [-0.1, -0.05) is 63.4 Å². The molecule has 18 heavy (non-hydrogen) atoms. The summed E-state index contributed by atoms with van der Waals surface area (Å²) in [6.07, 6.45) is 6.76. The van der Waals surface area contributed by atoms with Gasteiger partial charge in [0.1, 0.15) is 0 Å². The van der Waals surface area contributed by atoms with E-state index in [1.807, 2.05) is 0 Å². The van der Waals surface area contributed by atoms with Gasteiger partial charge in [0, 0.05) is 6.04 Å². The highest BCUT2D eigenvalue weighted by atomic mass is 14.9. The van der Waals surface area contributed by atoms with Gasteiger partial charge in [0.2, 0.25) is 0 Å². The van der Waals surface area contributed by atoms with Crippen LogP contribution >= 0.6 is 0 Å². The molecule has 0 radical (unpaired) electrons. The minimum atomic E-state index is 0.545. The molecule has 0 amide bonds. The lowest BCUT2D eigenvalue weighted by molar-refractivity contribution is 0.360. The zero-order valence-electron chi connectivity index (χ0n) is 11.9. The molecule has 0 heterocycles. The van der Waals surface area contributed by atoms with Crippen LogP contribution in [0.15, 0.2) is 30.3 Å². The largest absolute Gasteiger partial charge is 0.310 e. The Labute approximate surface area is 112 Å². The van der Waals surface area contributed by atoms with E-state index in [1.165, 1.54) is 44.2 Å². The Bertz CT molecular complexity index is 333. The number of benzene rings is 1. The van der Waals surface area contributed by atoms with Crippen molar-refractivity contribution >= 4 is 0 Å². The van der Waals surface area contributed by atoms with E-state index in [1.54, 1.807) is 0 Å². The SMILES string of the molecule is CCCC(NCC1CCCC1C)c1ccccc1. The third-order valence-electron chi connectivity index (χ3n) is 4.44. The van der Waals surface area contributed by atoms with Gasteiger partial charge in [0.15, 0.2) is 0 Å². The van der Waals surface area contributed by atoms with Crippen LogP contribution in [0.2, 0.25) is 0 Å². The second-order valence-corrected chi connectivity index (χ2v) is 5.83. The van der Waals surface area contributed by atoms with Crippen molar-refractivity contribution < 1.29 is 0 Å². The first-order valence-corrected chi connectivity index (χ1v) is 7.59. The number of hydrogen-bond donors (Lipinski definition) is 1.